The summed E-state index contributed by atoms with van der Waals surface area (Å²) >= 11 is 0. The van der Waals surface area contributed by atoms with Crippen molar-refractivity contribution >= 4 is 10.9 Å². The Labute approximate surface area is 98.1 Å². The quantitative estimate of drug-likeness (QED) is 0.714. The number of para-hydroxylation sites is 1. The lowest BCUT2D eigenvalue weighted by Crippen LogP contribution is -2.00. The molecule has 1 nitrogen and oxygen atoms in total. The fourth-order valence-electron chi connectivity index (χ4n) is 2.43. The van der Waals surface area contributed by atoms with Gasteiger partial charge in [0.2, 0.25) is 0 Å². The number of hydrogen-bond acceptors (Lipinski definition) is 0. The first-order chi connectivity index (χ1) is 7.79. The van der Waals surface area contributed by atoms with Gasteiger partial charge in [-0.2, -0.15) is 0 Å². The number of benzene rings is 1. The van der Waals surface area contributed by atoms with Gasteiger partial charge in [-0.3, -0.25) is 0 Å². The summed E-state index contributed by atoms with van der Waals surface area (Å²) in [7, 11) is 0. The van der Waals surface area contributed by atoms with Gasteiger partial charge in [-0.1, -0.05) is 38.5 Å². The molecule has 1 radical (unpaired) electrons. The number of fused-ring (bicyclic) bond motifs is 1. The molecule has 0 unspecified atom stereocenters. The van der Waals surface area contributed by atoms with Gasteiger partial charge in [0, 0.05) is 23.1 Å². The van der Waals surface area contributed by atoms with Crippen LogP contribution in [0.25, 0.3) is 10.9 Å². The van der Waals surface area contributed by atoms with Crippen molar-refractivity contribution < 1.29 is 0 Å². The third-order valence-electron chi connectivity index (χ3n) is 3.30. The van der Waals surface area contributed by atoms with Crippen molar-refractivity contribution in [1.29, 1.82) is 0 Å². The molecule has 2 aromatic rings. The fourth-order valence-corrected chi connectivity index (χ4v) is 2.43. The van der Waals surface area contributed by atoms with E-state index in [-0.39, 0.29) is 0 Å². The SMILES string of the molecule is C[CH]c1c(C)n(CCCC)c2ccccc12. The van der Waals surface area contributed by atoms with E-state index in [0.29, 0.717) is 0 Å². The van der Waals surface area contributed by atoms with E-state index in [2.05, 4.69) is 56.0 Å². The van der Waals surface area contributed by atoms with Crippen LogP contribution in [0.5, 0.6) is 0 Å². The van der Waals surface area contributed by atoms with E-state index in [4.69, 9.17) is 0 Å². The first-order valence-electron chi connectivity index (χ1n) is 6.16. The fraction of sp³-hybridized carbons (Fsp3) is 0.400. The van der Waals surface area contributed by atoms with Gasteiger partial charge in [-0.15, -0.1) is 0 Å². The summed E-state index contributed by atoms with van der Waals surface area (Å²) in [5.41, 5.74) is 4.17. The number of rotatable bonds is 4. The van der Waals surface area contributed by atoms with Gasteiger partial charge in [-0.25, -0.2) is 0 Å². The number of nitrogens with zero attached hydrogens (tertiary/aromatic N) is 1. The summed E-state index contributed by atoms with van der Waals surface area (Å²) in [4.78, 5) is 0. The highest BCUT2D eigenvalue weighted by atomic mass is 15.0. The molecule has 0 saturated carbocycles. The van der Waals surface area contributed by atoms with Gasteiger partial charge in [-0.05, 0) is 31.4 Å². The summed E-state index contributed by atoms with van der Waals surface area (Å²) < 4.78 is 2.45. The zero-order valence-corrected chi connectivity index (χ0v) is 10.5. The Morgan fingerprint density at radius 1 is 1.25 bits per heavy atom. The maximum absolute atomic E-state index is 2.45. The van der Waals surface area contributed by atoms with Crippen molar-refractivity contribution in [3.63, 3.8) is 0 Å². The number of aryl methyl sites for hydroxylation is 1. The van der Waals surface area contributed by atoms with Gasteiger partial charge in [0.15, 0.2) is 0 Å². The van der Waals surface area contributed by atoms with Gasteiger partial charge < -0.3 is 4.57 Å². The van der Waals surface area contributed by atoms with Crippen LogP contribution in [-0.4, -0.2) is 4.57 Å². The van der Waals surface area contributed by atoms with Crippen LogP contribution in [0.3, 0.4) is 0 Å². The maximum Gasteiger partial charge on any atom is 0.0485 e. The lowest BCUT2D eigenvalue weighted by molar-refractivity contribution is 0.636. The molecule has 0 aliphatic carbocycles. The molecule has 0 amide bonds. The Kier molecular flexibility index (Phi) is 3.33. The first kappa shape index (κ1) is 11.3. The van der Waals surface area contributed by atoms with Crippen molar-refractivity contribution in [2.24, 2.45) is 0 Å². The Hall–Kier alpha value is -1.24. The Balaban J connectivity index is 2.58. The van der Waals surface area contributed by atoms with E-state index in [0.717, 1.165) is 6.54 Å². The molecule has 16 heavy (non-hydrogen) atoms. The van der Waals surface area contributed by atoms with E-state index >= 15 is 0 Å². The van der Waals surface area contributed by atoms with Crippen LogP contribution in [-0.2, 0) is 6.54 Å². The van der Waals surface area contributed by atoms with E-state index in [1.807, 2.05) is 0 Å². The molecule has 1 aromatic heterocycles. The summed E-state index contributed by atoms with van der Waals surface area (Å²) in [6, 6.07) is 8.70. The molecule has 0 fully saturated rings. The molecule has 1 heteroatoms. The van der Waals surface area contributed by atoms with Crippen molar-refractivity contribution in [3.8, 4) is 0 Å². The van der Waals surface area contributed by atoms with Crippen LogP contribution in [0.15, 0.2) is 24.3 Å². The largest absolute Gasteiger partial charge is 0.345 e. The highest BCUT2D eigenvalue weighted by Crippen LogP contribution is 2.27. The second-order valence-corrected chi connectivity index (χ2v) is 4.31. The van der Waals surface area contributed by atoms with Crippen LogP contribution >= 0.6 is 0 Å². The van der Waals surface area contributed by atoms with E-state index < -0.39 is 0 Å². The average Bonchev–Trinajstić information content (AvgIpc) is 2.58. The molecule has 0 aliphatic rings. The van der Waals surface area contributed by atoms with Crippen molar-refractivity contribution in [1.82, 2.24) is 4.57 Å². The molecule has 1 aromatic carbocycles. The molecule has 0 saturated heterocycles. The normalized spacial score (nSPS) is 11.2. The van der Waals surface area contributed by atoms with E-state index in [1.54, 1.807) is 0 Å². The second kappa shape index (κ2) is 4.73. The summed E-state index contributed by atoms with van der Waals surface area (Å²) in [5.74, 6) is 0. The van der Waals surface area contributed by atoms with Crippen LogP contribution in [0, 0.1) is 13.3 Å². The minimum absolute atomic E-state index is 1.14. The van der Waals surface area contributed by atoms with E-state index in [1.165, 1.54) is 35.0 Å². The number of aromatic nitrogens is 1. The van der Waals surface area contributed by atoms with Crippen molar-refractivity contribution in [3.05, 3.63) is 41.9 Å². The van der Waals surface area contributed by atoms with Gasteiger partial charge in [0.25, 0.3) is 0 Å². The molecular weight excluding hydrogens is 194 g/mol. The topological polar surface area (TPSA) is 4.93 Å². The molecule has 0 aliphatic heterocycles. The zero-order chi connectivity index (χ0) is 11.5. The Morgan fingerprint density at radius 3 is 2.69 bits per heavy atom. The van der Waals surface area contributed by atoms with Crippen LogP contribution in [0.4, 0.5) is 0 Å². The van der Waals surface area contributed by atoms with Crippen molar-refractivity contribution in [2.75, 3.05) is 0 Å². The predicted molar refractivity (Wildman–Crippen MR) is 70.7 cm³/mol. The van der Waals surface area contributed by atoms with Gasteiger partial charge in [0.1, 0.15) is 0 Å². The summed E-state index contributed by atoms with van der Waals surface area (Å²) in [6.45, 7) is 7.73. The molecule has 85 valence electrons. The standard InChI is InChI=1S/C15H20N/c1-4-6-11-16-12(3)13(5-2)14-9-7-8-10-15(14)16/h5,7-10H,4,6,11H2,1-3H3. The van der Waals surface area contributed by atoms with Crippen LogP contribution in [0.1, 0.15) is 37.9 Å². The lowest BCUT2D eigenvalue weighted by atomic mass is 10.1. The van der Waals surface area contributed by atoms with Crippen molar-refractivity contribution in [2.45, 2.75) is 40.2 Å². The molecular formula is C15H20N. The second-order valence-electron chi connectivity index (χ2n) is 4.31. The highest BCUT2D eigenvalue weighted by molar-refractivity contribution is 5.86. The predicted octanol–water partition coefficient (Wildman–Crippen LogP) is 4.32. The third kappa shape index (κ3) is 1.75. The van der Waals surface area contributed by atoms with Crippen LogP contribution in [0.2, 0.25) is 0 Å². The number of hydrogen-bond donors (Lipinski definition) is 0. The average molecular weight is 214 g/mol. The third-order valence-corrected chi connectivity index (χ3v) is 3.30. The molecule has 0 bridgehead atoms. The molecule has 0 atom stereocenters. The number of unbranched alkanes of at least 4 members (excludes halogenated alkanes) is 1. The monoisotopic (exact) mass is 214 g/mol. The Morgan fingerprint density at radius 2 is 2.00 bits per heavy atom. The zero-order valence-electron chi connectivity index (χ0n) is 10.5. The minimum atomic E-state index is 1.14. The van der Waals surface area contributed by atoms with Crippen LogP contribution < -0.4 is 0 Å². The van der Waals surface area contributed by atoms with Gasteiger partial charge >= 0.3 is 0 Å². The van der Waals surface area contributed by atoms with Gasteiger partial charge in [0.05, 0.1) is 0 Å². The molecule has 1 heterocycles. The van der Waals surface area contributed by atoms with E-state index in [9.17, 15) is 0 Å². The minimum Gasteiger partial charge on any atom is -0.345 e. The first-order valence-corrected chi connectivity index (χ1v) is 6.16. The highest BCUT2D eigenvalue weighted by Gasteiger charge is 2.11. The summed E-state index contributed by atoms with van der Waals surface area (Å²) in [5, 5.41) is 1.39. The molecule has 0 spiro atoms. The molecule has 0 N–H and O–H groups in total. The molecule has 2 rings (SSSR count). The maximum atomic E-state index is 2.45. The summed E-state index contributed by atoms with van der Waals surface area (Å²) in [6.07, 6.45) is 4.72. The lowest BCUT2D eigenvalue weighted by Gasteiger charge is -2.07. The smallest absolute Gasteiger partial charge is 0.0485 e. The Bertz CT molecular complexity index is 479.